The average molecular weight is 463 g/mol. The van der Waals surface area contributed by atoms with Gasteiger partial charge in [-0.15, -0.1) is 0 Å². The fraction of sp³-hybridized carbons (Fsp3) is 0.519. The lowest BCUT2D eigenvalue weighted by atomic mass is 9.86. The molecule has 0 spiro atoms. The SMILES string of the molecule is O=C(C1CCCCC1)N1c2ccccc2CCC1CN1CCN(c2ccccc2[N+](=O)[O-])CC1. The van der Waals surface area contributed by atoms with Crippen LogP contribution in [-0.2, 0) is 11.2 Å². The Morgan fingerprint density at radius 1 is 0.882 bits per heavy atom. The molecule has 5 rings (SSSR count). The number of hydrogen-bond acceptors (Lipinski definition) is 5. The topological polar surface area (TPSA) is 69.9 Å². The number of benzene rings is 2. The number of carbonyl (C=O) groups excluding carboxylic acids is 1. The molecule has 3 aliphatic rings. The van der Waals surface area contributed by atoms with E-state index < -0.39 is 0 Å². The van der Waals surface area contributed by atoms with Gasteiger partial charge in [-0.05, 0) is 43.4 Å². The van der Waals surface area contributed by atoms with Crippen LogP contribution in [0.15, 0.2) is 48.5 Å². The summed E-state index contributed by atoms with van der Waals surface area (Å²) < 4.78 is 0. The van der Waals surface area contributed by atoms with Gasteiger partial charge in [0.1, 0.15) is 5.69 Å². The van der Waals surface area contributed by atoms with Gasteiger partial charge in [-0.2, -0.15) is 0 Å². The molecule has 2 aliphatic heterocycles. The number of nitro groups is 1. The van der Waals surface area contributed by atoms with Crippen LogP contribution in [0.3, 0.4) is 0 Å². The number of piperazine rings is 1. The van der Waals surface area contributed by atoms with Crippen molar-refractivity contribution in [3.63, 3.8) is 0 Å². The van der Waals surface area contributed by atoms with Crippen LogP contribution in [0.25, 0.3) is 0 Å². The molecule has 2 aromatic rings. The molecule has 180 valence electrons. The van der Waals surface area contributed by atoms with E-state index in [0.717, 1.165) is 76.9 Å². The van der Waals surface area contributed by atoms with Crippen LogP contribution in [0.5, 0.6) is 0 Å². The molecule has 0 aromatic heterocycles. The van der Waals surface area contributed by atoms with Crippen LogP contribution < -0.4 is 9.80 Å². The number of carbonyl (C=O) groups is 1. The quantitative estimate of drug-likeness (QED) is 0.478. The standard InChI is InChI=1S/C27H34N4O3/c32-27(22-9-2-1-3-10-22)30-23(15-14-21-8-4-5-11-24(21)30)20-28-16-18-29(19-17-28)25-12-6-7-13-26(25)31(33)34/h4-8,11-13,22-23H,1-3,9-10,14-20H2. The maximum Gasteiger partial charge on any atom is 0.292 e. The Morgan fingerprint density at radius 2 is 1.56 bits per heavy atom. The number of para-hydroxylation sites is 3. The summed E-state index contributed by atoms with van der Waals surface area (Å²) in [6.45, 7) is 4.05. The number of aryl methyl sites for hydroxylation is 1. The molecule has 1 unspecified atom stereocenters. The van der Waals surface area contributed by atoms with Gasteiger partial charge in [0.15, 0.2) is 0 Å². The third-order valence-corrected chi connectivity index (χ3v) is 7.82. The molecule has 0 N–H and O–H groups in total. The van der Waals surface area contributed by atoms with Crippen LogP contribution in [0, 0.1) is 16.0 Å². The Labute approximate surface area is 201 Å². The van der Waals surface area contributed by atoms with E-state index in [-0.39, 0.29) is 22.6 Å². The second-order valence-electron chi connectivity index (χ2n) is 9.90. The van der Waals surface area contributed by atoms with Crippen LogP contribution in [-0.4, -0.2) is 54.5 Å². The van der Waals surface area contributed by atoms with E-state index in [1.54, 1.807) is 12.1 Å². The Hall–Kier alpha value is -2.93. The molecule has 7 nitrogen and oxygen atoms in total. The largest absolute Gasteiger partial charge is 0.363 e. The van der Waals surface area contributed by atoms with Crippen molar-refractivity contribution in [2.75, 3.05) is 42.5 Å². The first kappa shape index (κ1) is 22.8. The summed E-state index contributed by atoms with van der Waals surface area (Å²) in [4.78, 5) is 31.6. The van der Waals surface area contributed by atoms with Gasteiger partial charge >= 0.3 is 0 Å². The number of amides is 1. The number of nitro benzene ring substituents is 1. The van der Waals surface area contributed by atoms with E-state index in [2.05, 4.69) is 32.9 Å². The number of hydrogen-bond donors (Lipinski definition) is 0. The third-order valence-electron chi connectivity index (χ3n) is 7.82. The van der Waals surface area contributed by atoms with E-state index in [1.165, 1.54) is 12.0 Å². The smallest absolute Gasteiger partial charge is 0.292 e. The Balaban J connectivity index is 1.29. The van der Waals surface area contributed by atoms with Gasteiger partial charge in [-0.25, -0.2) is 0 Å². The summed E-state index contributed by atoms with van der Waals surface area (Å²) in [6, 6.07) is 15.6. The lowest BCUT2D eigenvalue weighted by Crippen LogP contribution is -2.55. The van der Waals surface area contributed by atoms with Crippen molar-refractivity contribution in [3.8, 4) is 0 Å². The minimum Gasteiger partial charge on any atom is -0.363 e. The Kier molecular flexibility index (Phi) is 6.81. The molecule has 1 aliphatic carbocycles. The zero-order valence-electron chi connectivity index (χ0n) is 19.8. The normalized spacial score (nSPS) is 21.8. The molecule has 2 heterocycles. The van der Waals surface area contributed by atoms with Crippen molar-refractivity contribution < 1.29 is 9.72 Å². The summed E-state index contributed by atoms with van der Waals surface area (Å²) in [5.41, 5.74) is 3.26. The highest BCUT2D eigenvalue weighted by atomic mass is 16.6. The molecular formula is C27H34N4O3. The van der Waals surface area contributed by atoms with Gasteiger partial charge in [0.05, 0.1) is 4.92 Å². The lowest BCUT2D eigenvalue weighted by molar-refractivity contribution is -0.384. The fourth-order valence-electron chi connectivity index (χ4n) is 5.98. The molecule has 1 amide bonds. The maximum atomic E-state index is 13.7. The minimum absolute atomic E-state index is 0.151. The maximum absolute atomic E-state index is 13.7. The van der Waals surface area contributed by atoms with Gasteiger partial charge in [-0.1, -0.05) is 49.6 Å². The average Bonchev–Trinajstić information content (AvgIpc) is 2.89. The molecule has 2 aromatic carbocycles. The predicted octanol–water partition coefficient (Wildman–Crippen LogP) is 4.65. The van der Waals surface area contributed by atoms with Crippen molar-refractivity contribution in [2.45, 2.75) is 51.0 Å². The van der Waals surface area contributed by atoms with Gasteiger partial charge in [0.2, 0.25) is 5.91 Å². The van der Waals surface area contributed by atoms with E-state index in [4.69, 9.17) is 0 Å². The van der Waals surface area contributed by atoms with Crippen molar-refractivity contribution in [1.29, 1.82) is 0 Å². The second-order valence-corrected chi connectivity index (χ2v) is 9.90. The van der Waals surface area contributed by atoms with Crippen molar-refractivity contribution in [2.24, 2.45) is 5.92 Å². The van der Waals surface area contributed by atoms with Crippen molar-refractivity contribution in [3.05, 3.63) is 64.2 Å². The number of rotatable bonds is 5. The molecule has 2 fully saturated rings. The van der Waals surface area contributed by atoms with E-state index in [1.807, 2.05) is 18.2 Å². The molecule has 7 heteroatoms. The van der Waals surface area contributed by atoms with E-state index >= 15 is 0 Å². The molecule has 0 radical (unpaired) electrons. The molecule has 0 bridgehead atoms. The summed E-state index contributed by atoms with van der Waals surface area (Å²) >= 11 is 0. The van der Waals surface area contributed by atoms with Crippen molar-refractivity contribution >= 4 is 23.0 Å². The zero-order chi connectivity index (χ0) is 23.5. The third kappa shape index (κ3) is 4.67. The fourth-order valence-corrected chi connectivity index (χ4v) is 5.98. The highest BCUT2D eigenvalue weighted by Crippen LogP contribution is 2.35. The lowest BCUT2D eigenvalue weighted by Gasteiger charge is -2.43. The molecular weight excluding hydrogens is 428 g/mol. The highest BCUT2D eigenvalue weighted by molar-refractivity contribution is 5.97. The number of fused-ring (bicyclic) bond motifs is 1. The van der Waals surface area contributed by atoms with Crippen LogP contribution in [0.1, 0.15) is 44.1 Å². The Morgan fingerprint density at radius 3 is 2.29 bits per heavy atom. The van der Waals surface area contributed by atoms with E-state index in [0.29, 0.717) is 11.6 Å². The molecule has 1 saturated carbocycles. The number of anilines is 2. The first-order valence-corrected chi connectivity index (χ1v) is 12.7. The number of nitrogens with zero attached hydrogens (tertiary/aromatic N) is 4. The van der Waals surface area contributed by atoms with E-state index in [9.17, 15) is 14.9 Å². The molecule has 1 atom stereocenters. The zero-order valence-corrected chi connectivity index (χ0v) is 19.8. The monoisotopic (exact) mass is 462 g/mol. The molecule has 34 heavy (non-hydrogen) atoms. The van der Waals surface area contributed by atoms with Gasteiger partial charge < -0.3 is 9.80 Å². The summed E-state index contributed by atoms with van der Waals surface area (Å²) in [7, 11) is 0. The van der Waals surface area contributed by atoms with Gasteiger partial charge in [-0.3, -0.25) is 19.8 Å². The minimum atomic E-state index is -0.296. The van der Waals surface area contributed by atoms with Crippen molar-refractivity contribution in [1.82, 2.24) is 4.90 Å². The first-order chi connectivity index (χ1) is 16.6. The van der Waals surface area contributed by atoms with Crippen LogP contribution in [0.4, 0.5) is 17.1 Å². The summed E-state index contributed by atoms with van der Waals surface area (Å²) in [5.74, 6) is 0.466. The second kappa shape index (κ2) is 10.1. The summed E-state index contributed by atoms with van der Waals surface area (Å²) in [6.07, 6.45) is 7.57. The highest BCUT2D eigenvalue weighted by Gasteiger charge is 2.36. The van der Waals surface area contributed by atoms with Crippen LogP contribution >= 0.6 is 0 Å². The predicted molar refractivity (Wildman–Crippen MR) is 134 cm³/mol. The first-order valence-electron chi connectivity index (χ1n) is 12.7. The van der Waals surface area contributed by atoms with Gasteiger partial charge in [0.25, 0.3) is 5.69 Å². The summed E-state index contributed by atoms with van der Waals surface area (Å²) in [5, 5.41) is 11.5. The van der Waals surface area contributed by atoms with Gasteiger partial charge in [0, 0.05) is 56.4 Å². The Bertz CT molecular complexity index is 1030. The van der Waals surface area contributed by atoms with Crippen LogP contribution in [0.2, 0.25) is 0 Å². The molecule has 1 saturated heterocycles.